The number of hydrogen-bond donors (Lipinski definition) is 2. The number of halogens is 1. The van der Waals surface area contributed by atoms with Gasteiger partial charge in [0.05, 0.1) is 12.8 Å². The van der Waals surface area contributed by atoms with E-state index in [1.165, 1.54) is 12.1 Å². The number of H-pyrrole nitrogens is 1. The minimum absolute atomic E-state index is 0.304. The van der Waals surface area contributed by atoms with Crippen LogP contribution in [0.15, 0.2) is 18.2 Å². The third kappa shape index (κ3) is 2.93. The SMILES string of the molecule is COc1ccc(F)cc1-c1nc(CCCN)[nH]c1C. The van der Waals surface area contributed by atoms with Crippen LogP contribution < -0.4 is 10.5 Å². The number of ether oxygens (including phenoxy) is 1. The molecule has 0 fully saturated rings. The van der Waals surface area contributed by atoms with E-state index in [2.05, 4.69) is 9.97 Å². The van der Waals surface area contributed by atoms with Crippen LogP contribution in [0.25, 0.3) is 11.3 Å². The van der Waals surface area contributed by atoms with E-state index in [1.54, 1.807) is 13.2 Å². The normalized spacial score (nSPS) is 10.7. The summed E-state index contributed by atoms with van der Waals surface area (Å²) < 4.78 is 18.7. The second-order valence-corrected chi connectivity index (χ2v) is 4.39. The lowest BCUT2D eigenvalue weighted by molar-refractivity contribution is 0.415. The van der Waals surface area contributed by atoms with Crippen LogP contribution in [0.5, 0.6) is 5.75 Å². The van der Waals surface area contributed by atoms with Crippen LogP contribution in [0, 0.1) is 12.7 Å². The Balaban J connectivity index is 2.40. The molecule has 4 nitrogen and oxygen atoms in total. The van der Waals surface area contributed by atoms with Crippen LogP contribution in [0.4, 0.5) is 4.39 Å². The average Bonchev–Trinajstić information content (AvgIpc) is 2.77. The third-order valence-electron chi connectivity index (χ3n) is 2.97. The average molecular weight is 263 g/mol. The smallest absolute Gasteiger partial charge is 0.128 e. The second kappa shape index (κ2) is 5.84. The molecule has 1 aromatic heterocycles. The second-order valence-electron chi connectivity index (χ2n) is 4.39. The van der Waals surface area contributed by atoms with E-state index in [9.17, 15) is 4.39 Å². The Hall–Kier alpha value is -1.88. The molecular formula is C14H18FN3O. The lowest BCUT2D eigenvalue weighted by Gasteiger charge is -2.06. The number of imidazole rings is 1. The third-order valence-corrected chi connectivity index (χ3v) is 2.97. The number of aromatic amines is 1. The van der Waals surface area contributed by atoms with Crippen molar-refractivity contribution in [3.63, 3.8) is 0 Å². The minimum atomic E-state index is -0.304. The van der Waals surface area contributed by atoms with Gasteiger partial charge in [-0.05, 0) is 38.1 Å². The number of rotatable bonds is 5. The summed E-state index contributed by atoms with van der Waals surface area (Å²) in [5.41, 5.74) is 7.77. The molecule has 0 spiro atoms. The summed E-state index contributed by atoms with van der Waals surface area (Å²) >= 11 is 0. The maximum Gasteiger partial charge on any atom is 0.128 e. The van der Waals surface area contributed by atoms with Gasteiger partial charge in [0, 0.05) is 17.7 Å². The van der Waals surface area contributed by atoms with E-state index in [4.69, 9.17) is 10.5 Å². The zero-order valence-corrected chi connectivity index (χ0v) is 11.2. The van der Waals surface area contributed by atoms with Gasteiger partial charge in [0.2, 0.25) is 0 Å². The molecule has 0 aliphatic rings. The Bertz CT molecular complexity index is 566. The van der Waals surface area contributed by atoms with Crippen molar-refractivity contribution in [2.24, 2.45) is 5.73 Å². The number of nitrogens with one attached hydrogen (secondary N) is 1. The van der Waals surface area contributed by atoms with Crippen molar-refractivity contribution < 1.29 is 9.13 Å². The summed E-state index contributed by atoms with van der Waals surface area (Å²) in [5, 5.41) is 0. The Labute approximate surface area is 111 Å². The van der Waals surface area contributed by atoms with Gasteiger partial charge in [-0.2, -0.15) is 0 Å². The number of aromatic nitrogens is 2. The standard InChI is InChI=1S/C14H18FN3O/c1-9-14(18-13(17-9)4-3-7-16)11-8-10(15)5-6-12(11)19-2/h5-6,8H,3-4,7,16H2,1-2H3,(H,17,18). The van der Waals surface area contributed by atoms with Crippen molar-refractivity contribution in [3.05, 3.63) is 35.5 Å². The molecule has 0 aliphatic carbocycles. The first-order valence-electron chi connectivity index (χ1n) is 6.25. The van der Waals surface area contributed by atoms with Gasteiger partial charge in [0.15, 0.2) is 0 Å². The number of hydrogen-bond acceptors (Lipinski definition) is 3. The molecule has 19 heavy (non-hydrogen) atoms. The van der Waals surface area contributed by atoms with Gasteiger partial charge in [0.25, 0.3) is 0 Å². The van der Waals surface area contributed by atoms with E-state index >= 15 is 0 Å². The maximum absolute atomic E-state index is 13.4. The van der Waals surface area contributed by atoms with Crippen molar-refractivity contribution in [2.75, 3.05) is 13.7 Å². The molecule has 0 saturated heterocycles. The van der Waals surface area contributed by atoms with Crippen LogP contribution in [0.2, 0.25) is 0 Å². The van der Waals surface area contributed by atoms with Crippen LogP contribution in [-0.2, 0) is 6.42 Å². The molecule has 0 saturated carbocycles. The number of aryl methyl sites for hydroxylation is 2. The largest absolute Gasteiger partial charge is 0.496 e. The molecule has 0 unspecified atom stereocenters. The van der Waals surface area contributed by atoms with E-state index in [0.29, 0.717) is 17.9 Å². The minimum Gasteiger partial charge on any atom is -0.496 e. The number of methoxy groups -OCH3 is 1. The highest BCUT2D eigenvalue weighted by Gasteiger charge is 2.14. The van der Waals surface area contributed by atoms with Crippen molar-refractivity contribution in [1.82, 2.24) is 9.97 Å². The van der Waals surface area contributed by atoms with E-state index in [-0.39, 0.29) is 5.82 Å². The lowest BCUT2D eigenvalue weighted by atomic mass is 10.1. The van der Waals surface area contributed by atoms with Gasteiger partial charge in [-0.15, -0.1) is 0 Å². The molecule has 102 valence electrons. The van der Waals surface area contributed by atoms with Gasteiger partial charge in [-0.1, -0.05) is 0 Å². The zero-order valence-electron chi connectivity index (χ0n) is 11.2. The highest BCUT2D eigenvalue weighted by molar-refractivity contribution is 5.69. The summed E-state index contributed by atoms with van der Waals surface area (Å²) in [6, 6.07) is 4.42. The van der Waals surface area contributed by atoms with Crippen molar-refractivity contribution >= 4 is 0 Å². The molecule has 0 radical (unpaired) electrons. The summed E-state index contributed by atoms with van der Waals surface area (Å²) in [6.07, 6.45) is 1.65. The lowest BCUT2D eigenvalue weighted by Crippen LogP contribution is -2.01. The Kier molecular flexibility index (Phi) is 4.16. The van der Waals surface area contributed by atoms with Crippen molar-refractivity contribution in [1.29, 1.82) is 0 Å². The molecule has 1 heterocycles. The number of nitrogens with zero attached hydrogens (tertiary/aromatic N) is 1. The van der Waals surface area contributed by atoms with Crippen LogP contribution in [0.3, 0.4) is 0 Å². The first-order chi connectivity index (χ1) is 9.15. The molecule has 2 aromatic rings. The Morgan fingerprint density at radius 2 is 2.21 bits per heavy atom. The number of benzene rings is 1. The quantitative estimate of drug-likeness (QED) is 0.870. The molecule has 2 rings (SSSR count). The van der Waals surface area contributed by atoms with E-state index in [0.717, 1.165) is 30.1 Å². The summed E-state index contributed by atoms with van der Waals surface area (Å²) in [5.74, 6) is 1.17. The Morgan fingerprint density at radius 3 is 2.89 bits per heavy atom. The summed E-state index contributed by atoms with van der Waals surface area (Å²) in [4.78, 5) is 7.71. The first kappa shape index (κ1) is 13.5. The molecular weight excluding hydrogens is 245 g/mol. The maximum atomic E-state index is 13.4. The first-order valence-corrected chi connectivity index (χ1v) is 6.25. The monoisotopic (exact) mass is 263 g/mol. The zero-order chi connectivity index (χ0) is 13.8. The van der Waals surface area contributed by atoms with E-state index in [1.807, 2.05) is 6.92 Å². The number of nitrogens with two attached hydrogens (primary N) is 1. The van der Waals surface area contributed by atoms with Crippen LogP contribution in [0.1, 0.15) is 17.9 Å². The summed E-state index contributed by atoms with van der Waals surface area (Å²) in [6.45, 7) is 2.54. The molecule has 0 amide bonds. The fraction of sp³-hybridized carbons (Fsp3) is 0.357. The Morgan fingerprint density at radius 1 is 1.42 bits per heavy atom. The van der Waals surface area contributed by atoms with Crippen LogP contribution in [-0.4, -0.2) is 23.6 Å². The topological polar surface area (TPSA) is 63.9 Å². The predicted octanol–water partition coefficient (Wildman–Crippen LogP) is 2.42. The van der Waals surface area contributed by atoms with Crippen molar-refractivity contribution in [2.45, 2.75) is 19.8 Å². The summed E-state index contributed by atoms with van der Waals surface area (Å²) in [7, 11) is 1.56. The molecule has 1 aromatic carbocycles. The van der Waals surface area contributed by atoms with Gasteiger partial charge < -0.3 is 15.5 Å². The van der Waals surface area contributed by atoms with Gasteiger partial charge in [-0.25, -0.2) is 9.37 Å². The molecule has 3 N–H and O–H groups in total. The molecule has 5 heteroatoms. The van der Waals surface area contributed by atoms with Crippen LogP contribution >= 0.6 is 0 Å². The fourth-order valence-corrected chi connectivity index (χ4v) is 2.04. The van der Waals surface area contributed by atoms with Gasteiger partial charge >= 0.3 is 0 Å². The molecule has 0 aliphatic heterocycles. The molecule has 0 atom stereocenters. The highest BCUT2D eigenvalue weighted by Crippen LogP contribution is 2.31. The highest BCUT2D eigenvalue weighted by atomic mass is 19.1. The molecule has 0 bridgehead atoms. The van der Waals surface area contributed by atoms with E-state index < -0.39 is 0 Å². The van der Waals surface area contributed by atoms with Gasteiger partial charge in [0.1, 0.15) is 17.4 Å². The van der Waals surface area contributed by atoms with Gasteiger partial charge in [-0.3, -0.25) is 0 Å². The predicted molar refractivity (Wildman–Crippen MR) is 72.6 cm³/mol. The fourth-order valence-electron chi connectivity index (χ4n) is 2.04. The van der Waals surface area contributed by atoms with Crippen molar-refractivity contribution in [3.8, 4) is 17.0 Å².